The first-order valence-corrected chi connectivity index (χ1v) is 8.95. The highest BCUT2D eigenvalue weighted by atomic mass is 35.5. The van der Waals surface area contributed by atoms with E-state index in [2.05, 4.69) is 34.7 Å². The van der Waals surface area contributed by atoms with E-state index in [9.17, 15) is 9.59 Å². The number of hydrogen-bond donors (Lipinski definition) is 2. The van der Waals surface area contributed by atoms with Crippen LogP contribution in [0.2, 0.25) is 5.02 Å². The molecule has 0 fully saturated rings. The third-order valence-electron chi connectivity index (χ3n) is 3.83. The van der Waals surface area contributed by atoms with Crippen LogP contribution < -0.4 is 10.6 Å². The van der Waals surface area contributed by atoms with Crippen LogP contribution in [0, 0.1) is 0 Å². The highest BCUT2D eigenvalue weighted by Gasteiger charge is 2.08. The number of hydrogen-bond acceptors (Lipinski definition) is 3. The van der Waals surface area contributed by atoms with E-state index in [1.165, 1.54) is 5.56 Å². The third-order valence-corrected chi connectivity index (χ3v) is 4.07. The van der Waals surface area contributed by atoms with Crippen molar-refractivity contribution < 1.29 is 9.59 Å². The van der Waals surface area contributed by atoms with Crippen molar-refractivity contribution in [1.29, 1.82) is 0 Å². The van der Waals surface area contributed by atoms with Crippen molar-refractivity contribution in [2.75, 3.05) is 26.7 Å². The molecule has 0 aliphatic rings. The summed E-state index contributed by atoms with van der Waals surface area (Å²) in [4.78, 5) is 26.0. The van der Waals surface area contributed by atoms with E-state index in [4.69, 9.17) is 11.6 Å². The first-order chi connectivity index (χ1) is 12.5. The lowest BCUT2D eigenvalue weighted by atomic mass is 10.2. The van der Waals surface area contributed by atoms with Gasteiger partial charge in [0.2, 0.25) is 5.91 Å². The molecule has 0 saturated carbocycles. The molecule has 5 nitrogen and oxygen atoms in total. The molecule has 2 rings (SSSR count). The van der Waals surface area contributed by atoms with Gasteiger partial charge in [0.25, 0.3) is 5.91 Å². The molecule has 0 aromatic heterocycles. The highest BCUT2D eigenvalue weighted by Crippen LogP contribution is 2.10. The van der Waals surface area contributed by atoms with Gasteiger partial charge in [0.1, 0.15) is 0 Å². The quantitative estimate of drug-likeness (QED) is 0.664. The van der Waals surface area contributed by atoms with Gasteiger partial charge in [-0.3, -0.25) is 9.59 Å². The van der Waals surface area contributed by atoms with Gasteiger partial charge in [-0.15, -0.1) is 0 Å². The average molecular weight is 374 g/mol. The summed E-state index contributed by atoms with van der Waals surface area (Å²) < 4.78 is 0. The van der Waals surface area contributed by atoms with Crippen molar-refractivity contribution in [3.8, 4) is 0 Å². The number of amides is 2. The van der Waals surface area contributed by atoms with E-state index in [1.54, 1.807) is 24.3 Å². The van der Waals surface area contributed by atoms with Gasteiger partial charge in [-0.05, 0) is 43.8 Å². The molecule has 0 saturated heterocycles. The molecule has 6 heteroatoms. The molecule has 2 amide bonds. The molecule has 2 aromatic carbocycles. The van der Waals surface area contributed by atoms with Gasteiger partial charge < -0.3 is 15.5 Å². The lowest BCUT2D eigenvalue weighted by Crippen LogP contribution is -2.37. The molecule has 0 unspecified atom stereocenters. The van der Waals surface area contributed by atoms with Crippen LogP contribution in [0.25, 0.3) is 0 Å². The topological polar surface area (TPSA) is 61.4 Å². The summed E-state index contributed by atoms with van der Waals surface area (Å²) in [5.74, 6) is -0.517. The summed E-state index contributed by atoms with van der Waals surface area (Å²) in [5.41, 5.74) is 1.70. The number of nitrogens with zero attached hydrogens (tertiary/aromatic N) is 1. The molecule has 2 aromatic rings. The molecule has 0 radical (unpaired) electrons. The molecule has 0 heterocycles. The van der Waals surface area contributed by atoms with E-state index >= 15 is 0 Å². The van der Waals surface area contributed by atoms with Crippen LogP contribution in [-0.4, -0.2) is 43.4 Å². The summed E-state index contributed by atoms with van der Waals surface area (Å²) in [6.45, 7) is 2.28. The maximum absolute atomic E-state index is 11.9. The van der Waals surface area contributed by atoms with Crippen LogP contribution in [-0.2, 0) is 11.3 Å². The van der Waals surface area contributed by atoms with E-state index < -0.39 is 0 Å². The molecule has 26 heavy (non-hydrogen) atoms. The fourth-order valence-corrected chi connectivity index (χ4v) is 2.70. The maximum atomic E-state index is 11.9. The van der Waals surface area contributed by atoms with Crippen LogP contribution in [0.3, 0.4) is 0 Å². The Bertz CT molecular complexity index is 722. The molecule has 0 aliphatic carbocycles. The minimum absolute atomic E-state index is 0.0504. The van der Waals surface area contributed by atoms with Crippen LogP contribution in [0.15, 0.2) is 54.6 Å². The van der Waals surface area contributed by atoms with Crippen LogP contribution >= 0.6 is 11.6 Å². The van der Waals surface area contributed by atoms with Crippen molar-refractivity contribution in [1.82, 2.24) is 15.5 Å². The van der Waals surface area contributed by atoms with Crippen molar-refractivity contribution in [3.63, 3.8) is 0 Å². The van der Waals surface area contributed by atoms with Crippen molar-refractivity contribution >= 4 is 23.4 Å². The summed E-state index contributed by atoms with van der Waals surface area (Å²) >= 11 is 5.85. The second-order valence-electron chi connectivity index (χ2n) is 6.12. The smallest absolute Gasteiger partial charge is 0.251 e. The number of carbonyl (C=O) groups is 2. The summed E-state index contributed by atoms with van der Waals surface area (Å²) in [5, 5.41) is 5.89. The van der Waals surface area contributed by atoms with Crippen LogP contribution in [0.1, 0.15) is 22.3 Å². The Balaban J connectivity index is 1.59. The largest absolute Gasteiger partial charge is 0.355 e. The Kier molecular flexibility index (Phi) is 8.12. The fraction of sp³-hybridized carbons (Fsp3) is 0.300. The summed E-state index contributed by atoms with van der Waals surface area (Å²) in [6, 6.07) is 16.9. The van der Waals surface area contributed by atoms with Gasteiger partial charge in [0, 0.05) is 23.7 Å². The maximum Gasteiger partial charge on any atom is 0.251 e. The Morgan fingerprint density at radius 1 is 1.04 bits per heavy atom. The zero-order valence-electron chi connectivity index (χ0n) is 14.9. The predicted molar refractivity (Wildman–Crippen MR) is 104 cm³/mol. The number of rotatable bonds is 9. The second kappa shape index (κ2) is 10.6. The molecule has 138 valence electrons. The lowest BCUT2D eigenvalue weighted by Gasteiger charge is -2.16. The van der Waals surface area contributed by atoms with Gasteiger partial charge in [0.15, 0.2) is 0 Å². The van der Waals surface area contributed by atoms with E-state index in [0.717, 1.165) is 19.5 Å². The zero-order valence-corrected chi connectivity index (χ0v) is 15.6. The Labute approximate surface area is 159 Å². The first-order valence-electron chi connectivity index (χ1n) is 8.57. The summed E-state index contributed by atoms with van der Waals surface area (Å²) in [6.07, 6.45) is 0.845. The van der Waals surface area contributed by atoms with Gasteiger partial charge >= 0.3 is 0 Å². The van der Waals surface area contributed by atoms with Gasteiger partial charge in [-0.1, -0.05) is 48.0 Å². The number of nitrogens with one attached hydrogen (secondary N) is 2. The molecule has 0 aliphatic heterocycles. The van der Waals surface area contributed by atoms with Crippen molar-refractivity contribution in [3.05, 3.63) is 70.7 Å². The third kappa shape index (κ3) is 7.25. The normalized spacial score (nSPS) is 10.6. The molecular formula is C20H24ClN3O2. The number of halogens is 1. The van der Waals surface area contributed by atoms with E-state index in [-0.39, 0.29) is 18.4 Å². The van der Waals surface area contributed by atoms with E-state index in [1.807, 2.05) is 18.2 Å². The minimum Gasteiger partial charge on any atom is -0.355 e. The standard InChI is InChI=1S/C20H24ClN3O2/c1-24(15-16-7-3-2-4-8-16)12-6-11-22-19(25)14-23-20(26)17-9-5-10-18(21)13-17/h2-5,7-10,13H,6,11-12,14-15H2,1H3,(H,22,25)(H,23,26). The van der Waals surface area contributed by atoms with E-state index in [0.29, 0.717) is 17.1 Å². The van der Waals surface area contributed by atoms with Crippen LogP contribution in [0.5, 0.6) is 0 Å². The monoisotopic (exact) mass is 373 g/mol. The molecular weight excluding hydrogens is 350 g/mol. The fourth-order valence-electron chi connectivity index (χ4n) is 2.51. The van der Waals surface area contributed by atoms with Crippen molar-refractivity contribution in [2.45, 2.75) is 13.0 Å². The summed E-state index contributed by atoms with van der Waals surface area (Å²) in [7, 11) is 2.06. The van der Waals surface area contributed by atoms with Gasteiger partial charge in [-0.25, -0.2) is 0 Å². The lowest BCUT2D eigenvalue weighted by molar-refractivity contribution is -0.120. The predicted octanol–water partition coefficient (Wildman–Crippen LogP) is 2.71. The van der Waals surface area contributed by atoms with Gasteiger partial charge in [-0.2, -0.15) is 0 Å². The number of benzene rings is 2. The SMILES string of the molecule is CN(CCCNC(=O)CNC(=O)c1cccc(Cl)c1)Cc1ccccc1. The van der Waals surface area contributed by atoms with Gasteiger partial charge in [0.05, 0.1) is 6.54 Å². The first kappa shape index (κ1) is 19.9. The molecule has 0 bridgehead atoms. The van der Waals surface area contributed by atoms with Crippen molar-refractivity contribution in [2.24, 2.45) is 0 Å². The highest BCUT2D eigenvalue weighted by molar-refractivity contribution is 6.30. The average Bonchev–Trinajstić information content (AvgIpc) is 2.64. The molecule has 0 atom stereocenters. The Morgan fingerprint density at radius 2 is 1.81 bits per heavy atom. The number of carbonyl (C=O) groups excluding carboxylic acids is 2. The van der Waals surface area contributed by atoms with Crippen LogP contribution in [0.4, 0.5) is 0 Å². The molecule has 0 spiro atoms. The molecule has 2 N–H and O–H groups in total. The zero-order chi connectivity index (χ0) is 18.8. The Hall–Kier alpha value is -2.37. The second-order valence-corrected chi connectivity index (χ2v) is 6.56. The minimum atomic E-state index is -0.315. The Morgan fingerprint density at radius 3 is 2.54 bits per heavy atom.